The van der Waals surface area contributed by atoms with Crippen molar-refractivity contribution in [2.45, 2.75) is 38.5 Å². The van der Waals surface area contributed by atoms with Crippen LogP contribution in [0.3, 0.4) is 0 Å². The van der Waals surface area contributed by atoms with E-state index in [1.165, 1.54) is 22.3 Å². The minimum Gasteiger partial charge on any atom is -0.380 e. The van der Waals surface area contributed by atoms with Crippen LogP contribution in [0.2, 0.25) is 0 Å². The summed E-state index contributed by atoms with van der Waals surface area (Å²) in [7, 11) is 2.16. The molecule has 1 saturated heterocycles. The first kappa shape index (κ1) is 25.1. The van der Waals surface area contributed by atoms with E-state index >= 15 is 0 Å². The van der Waals surface area contributed by atoms with Crippen molar-refractivity contribution in [2.75, 3.05) is 26.8 Å². The smallest absolute Gasteiger partial charge is 0.0622 e. The third-order valence-electron chi connectivity index (χ3n) is 5.30. The molecule has 1 atom stereocenters. The van der Waals surface area contributed by atoms with Crippen LogP contribution in [0, 0.1) is 0 Å². The number of hydrogen-bond acceptors (Lipinski definition) is 5. The second-order valence-corrected chi connectivity index (χ2v) is 7.21. The zero-order chi connectivity index (χ0) is 17.1. The topological polar surface area (TPSA) is 41.5 Å². The Bertz CT molecular complexity index is 714. The van der Waals surface area contributed by atoms with Crippen LogP contribution in [0.4, 0.5) is 0 Å². The van der Waals surface area contributed by atoms with Gasteiger partial charge in [-0.1, -0.05) is 6.07 Å². The standard InChI is InChI=1S/C20H26N4O.3ClH/c1-23(12-16-3-2-6-21-9-16)13-17-10-22-11-18-14-24(7-4-20(17)18)19-5-8-25-15-19;;;/h2-3,6,9-11,19H,4-5,7-8,12-15H2,1H3;3*1H. The molecule has 1 fully saturated rings. The summed E-state index contributed by atoms with van der Waals surface area (Å²) >= 11 is 0. The van der Waals surface area contributed by atoms with Gasteiger partial charge in [0.25, 0.3) is 0 Å². The Labute approximate surface area is 186 Å². The maximum absolute atomic E-state index is 5.56. The van der Waals surface area contributed by atoms with Gasteiger partial charge in [0.15, 0.2) is 0 Å². The lowest BCUT2D eigenvalue weighted by Gasteiger charge is -2.34. The molecule has 1 unspecified atom stereocenters. The van der Waals surface area contributed by atoms with Gasteiger partial charge >= 0.3 is 0 Å². The van der Waals surface area contributed by atoms with E-state index in [9.17, 15) is 0 Å². The van der Waals surface area contributed by atoms with Crippen molar-refractivity contribution in [2.24, 2.45) is 0 Å². The van der Waals surface area contributed by atoms with E-state index in [1.54, 1.807) is 0 Å². The van der Waals surface area contributed by atoms with Crippen molar-refractivity contribution in [1.82, 2.24) is 19.8 Å². The summed E-state index contributed by atoms with van der Waals surface area (Å²) in [5, 5.41) is 0. The molecular formula is C20H29Cl3N4O. The van der Waals surface area contributed by atoms with Gasteiger partial charge < -0.3 is 4.74 Å². The molecule has 0 saturated carbocycles. The van der Waals surface area contributed by atoms with Gasteiger partial charge in [-0.3, -0.25) is 19.8 Å². The van der Waals surface area contributed by atoms with Crippen molar-refractivity contribution in [1.29, 1.82) is 0 Å². The first-order valence-corrected chi connectivity index (χ1v) is 9.13. The maximum atomic E-state index is 5.56. The van der Waals surface area contributed by atoms with E-state index in [4.69, 9.17) is 4.74 Å². The van der Waals surface area contributed by atoms with Crippen molar-refractivity contribution in [3.8, 4) is 0 Å². The molecule has 4 rings (SSSR count). The maximum Gasteiger partial charge on any atom is 0.0622 e. The van der Waals surface area contributed by atoms with Gasteiger partial charge in [0.1, 0.15) is 0 Å². The molecule has 0 spiro atoms. The highest BCUT2D eigenvalue weighted by atomic mass is 35.5. The highest BCUT2D eigenvalue weighted by molar-refractivity contribution is 5.86. The van der Waals surface area contributed by atoms with Crippen molar-refractivity contribution >= 4 is 37.2 Å². The largest absolute Gasteiger partial charge is 0.380 e. The molecule has 0 bridgehead atoms. The molecule has 2 aromatic heterocycles. The molecule has 8 heteroatoms. The highest BCUT2D eigenvalue weighted by Gasteiger charge is 2.27. The quantitative estimate of drug-likeness (QED) is 0.701. The third-order valence-corrected chi connectivity index (χ3v) is 5.30. The average Bonchev–Trinajstić information content (AvgIpc) is 3.17. The van der Waals surface area contributed by atoms with Gasteiger partial charge in [0.05, 0.1) is 6.61 Å². The van der Waals surface area contributed by atoms with Crippen LogP contribution in [0.1, 0.15) is 28.7 Å². The fourth-order valence-electron chi connectivity index (χ4n) is 4.00. The van der Waals surface area contributed by atoms with Crippen LogP contribution >= 0.6 is 37.2 Å². The predicted octanol–water partition coefficient (Wildman–Crippen LogP) is 3.52. The molecule has 2 aliphatic heterocycles. The van der Waals surface area contributed by atoms with Crippen LogP contribution in [-0.4, -0.2) is 52.6 Å². The molecule has 0 aromatic carbocycles. The second kappa shape index (κ2) is 11.9. The van der Waals surface area contributed by atoms with Crippen molar-refractivity contribution in [3.63, 3.8) is 0 Å². The normalized spacial score (nSPS) is 18.6. The Morgan fingerprint density at radius 3 is 2.71 bits per heavy atom. The summed E-state index contributed by atoms with van der Waals surface area (Å²) in [6.45, 7) is 5.77. The third kappa shape index (κ3) is 6.02. The summed E-state index contributed by atoms with van der Waals surface area (Å²) < 4.78 is 5.56. The Balaban J connectivity index is 0.00000131. The van der Waals surface area contributed by atoms with Crippen molar-refractivity contribution in [3.05, 3.63) is 59.2 Å². The van der Waals surface area contributed by atoms with E-state index in [0.29, 0.717) is 6.04 Å². The van der Waals surface area contributed by atoms with E-state index in [1.807, 2.05) is 24.7 Å². The molecule has 5 nitrogen and oxygen atoms in total. The number of nitrogens with zero attached hydrogens (tertiary/aromatic N) is 4. The Morgan fingerprint density at radius 2 is 2.00 bits per heavy atom. The molecular weight excluding hydrogens is 419 g/mol. The number of ether oxygens (including phenoxy) is 1. The molecule has 0 radical (unpaired) electrons. The highest BCUT2D eigenvalue weighted by Crippen LogP contribution is 2.26. The van der Waals surface area contributed by atoms with Gasteiger partial charge in [-0.2, -0.15) is 0 Å². The van der Waals surface area contributed by atoms with Crippen LogP contribution in [0.25, 0.3) is 0 Å². The second-order valence-electron chi connectivity index (χ2n) is 7.21. The summed E-state index contributed by atoms with van der Waals surface area (Å²) in [6, 6.07) is 4.71. The Kier molecular flexibility index (Phi) is 10.7. The molecule has 0 amide bonds. The molecule has 4 heterocycles. The van der Waals surface area contributed by atoms with Crippen LogP contribution in [0.15, 0.2) is 36.9 Å². The number of halogens is 3. The number of rotatable bonds is 5. The fourth-order valence-corrected chi connectivity index (χ4v) is 4.00. The molecule has 28 heavy (non-hydrogen) atoms. The van der Waals surface area contributed by atoms with Crippen LogP contribution < -0.4 is 0 Å². The number of hydrogen-bond donors (Lipinski definition) is 0. The van der Waals surface area contributed by atoms with E-state index in [-0.39, 0.29) is 37.2 Å². The van der Waals surface area contributed by atoms with Gasteiger partial charge in [-0.25, -0.2) is 0 Å². The number of fused-ring (bicyclic) bond motifs is 1. The summed E-state index contributed by atoms with van der Waals surface area (Å²) in [4.78, 5) is 13.6. The molecule has 2 aliphatic rings. The Hall–Kier alpha value is -0.950. The van der Waals surface area contributed by atoms with Gasteiger partial charge in [-0.05, 0) is 48.2 Å². The summed E-state index contributed by atoms with van der Waals surface area (Å²) in [5.74, 6) is 0. The minimum atomic E-state index is 0. The molecule has 2 aromatic rings. The zero-order valence-corrected chi connectivity index (χ0v) is 18.6. The summed E-state index contributed by atoms with van der Waals surface area (Å²) in [6.07, 6.45) is 10.1. The predicted molar refractivity (Wildman–Crippen MR) is 119 cm³/mol. The lowest BCUT2D eigenvalue weighted by atomic mass is 9.95. The number of pyridine rings is 2. The van der Waals surface area contributed by atoms with Crippen LogP contribution in [-0.2, 0) is 30.8 Å². The van der Waals surface area contributed by atoms with E-state index in [2.05, 4.69) is 39.1 Å². The zero-order valence-electron chi connectivity index (χ0n) is 16.1. The van der Waals surface area contributed by atoms with E-state index in [0.717, 1.165) is 52.2 Å². The number of aromatic nitrogens is 2. The fraction of sp³-hybridized carbons (Fsp3) is 0.500. The minimum absolute atomic E-state index is 0. The average molecular weight is 448 g/mol. The first-order chi connectivity index (χ1) is 12.3. The van der Waals surface area contributed by atoms with Gasteiger partial charge in [0.2, 0.25) is 0 Å². The van der Waals surface area contributed by atoms with E-state index < -0.39 is 0 Å². The molecule has 156 valence electrons. The van der Waals surface area contributed by atoms with Crippen molar-refractivity contribution < 1.29 is 4.74 Å². The Morgan fingerprint density at radius 1 is 1.14 bits per heavy atom. The first-order valence-electron chi connectivity index (χ1n) is 9.13. The molecule has 0 aliphatic carbocycles. The van der Waals surface area contributed by atoms with Crippen LogP contribution in [0.5, 0.6) is 0 Å². The lowest BCUT2D eigenvalue weighted by Crippen LogP contribution is -2.40. The SMILES string of the molecule is CN(Cc1cccnc1)Cc1cncc2c1CCN(C1CCOC1)C2.Cl.Cl.Cl. The molecule has 0 N–H and O–H groups in total. The van der Waals surface area contributed by atoms with Gasteiger partial charge in [-0.15, -0.1) is 37.2 Å². The monoisotopic (exact) mass is 446 g/mol. The van der Waals surface area contributed by atoms with Gasteiger partial charge in [0, 0.05) is 63.6 Å². The summed E-state index contributed by atoms with van der Waals surface area (Å²) in [5.41, 5.74) is 5.51. The lowest BCUT2D eigenvalue weighted by molar-refractivity contribution is 0.134.